The largest absolute Gasteiger partial charge is 0.376 e. The second kappa shape index (κ2) is 6.75. The lowest BCUT2D eigenvalue weighted by atomic mass is 10.0. The lowest BCUT2D eigenvalue weighted by Crippen LogP contribution is -2.21. The molecule has 0 fully saturated rings. The fourth-order valence-electron chi connectivity index (χ4n) is 1.92. The predicted molar refractivity (Wildman–Crippen MR) is 84.1 cm³/mol. The van der Waals surface area contributed by atoms with Gasteiger partial charge in [0.15, 0.2) is 0 Å². The Kier molecular flexibility index (Phi) is 4.77. The molecule has 0 aliphatic rings. The van der Waals surface area contributed by atoms with E-state index in [1.54, 1.807) is 0 Å². The highest BCUT2D eigenvalue weighted by molar-refractivity contribution is 5.93. The second-order valence-corrected chi connectivity index (χ2v) is 5.05. The minimum Gasteiger partial charge on any atom is -0.376 e. The smallest absolute Gasteiger partial charge is 0.243 e. The number of benzene rings is 2. The number of carbonyl (C=O) groups is 1. The van der Waals surface area contributed by atoms with Crippen LogP contribution in [0.3, 0.4) is 0 Å². The van der Waals surface area contributed by atoms with E-state index < -0.39 is 0 Å². The van der Waals surface area contributed by atoms with Crippen LogP contribution in [0, 0.1) is 0 Å². The Morgan fingerprint density at radius 1 is 1.00 bits per heavy atom. The Balaban J connectivity index is 1.90. The molecule has 104 valence electrons. The molecule has 0 unspecified atom stereocenters. The summed E-state index contributed by atoms with van der Waals surface area (Å²) >= 11 is 0. The van der Waals surface area contributed by atoms with E-state index in [2.05, 4.69) is 30.5 Å². The molecule has 0 atom stereocenters. The van der Waals surface area contributed by atoms with Crippen molar-refractivity contribution in [2.75, 3.05) is 17.2 Å². The number of para-hydroxylation sites is 1. The molecule has 0 heterocycles. The molecule has 0 aliphatic heterocycles. The van der Waals surface area contributed by atoms with E-state index in [4.69, 9.17) is 0 Å². The molecule has 0 spiro atoms. The Hall–Kier alpha value is -2.29. The Bertz CT molecular complexity index is 564. The summed E-state index contributed by atoms with van der Waals surface area (Å²) in [4.78, 5) is 11.9. The van der Waals surface area contributed by atoms with Crippen LogP contribution >= 0.6 is 0 Å². The molecule has 20 heavy (non-hydrogen) atoms. The van der Waals surface area contributed by atoms with Gasteiger partial charge in [-0.1, -0.05) is 44.2 Å². The molecule has 2 N–H and O–H groups in total. The summed E-state index contributed by atoms with van der Waals surface area (Å²) in [5.41, 5.74) is 3.01. The maximum atomic E-state index is 11.9. The number of nitrogens with one attached hydrogen (secondary N) is 2. The van der Waals surface area contributed by atoms with E-state index in [0.717, 1.165) is 11.4 Å². The number of hydrogen-bond acceptors (Lipinski definition) is 2. The second-order valence-electron chi connectivity index (χ2n) is 5.05. The van der Waals surface area contributed by atoms with Crippen molar-refractivity contribution in [2.45, 2.75) is 19.8 Å². The summed E-state index contributed by atoms with van der Waals surface area (Å²) < 4.78 is 0. The summed E-state index contributed by atoms with van der Waals surface area (Å²) in [7, 11) is 0. The van der Waals surface area contributed by atoms with Crippen LogP contribution in [0.4, 0.5) is 11.4 Å². The SMILES string of the molecule is CC(C)c1cccc(NC(=O)CNc2ccccc2)c1. The molecular weight excluding hydrogens is 248 g/mol. The first-order chi connectivity index (χ1) is 9.65. The van der Waals surface area contributed by atoms with Gasteiger partial charge in [0, 0.05) is 11.4 Å². The van der Waals surface area contributed by atoms with E-state index >= 15 is 0 Å². The molecule has 0 bridgehead atoms. The number of carbonyl (C=O) groups excluding carboxylic acids is 1. The number of rotatable bonds is 5. The molecule has 3 nitrogen and oxygen atoms in total. The summed E-state index contributed by atoms with van der Waals surface area (Å²) in [6, 6.07) is 17.7. The average molecular weight is 268 g/mol. The normalized spacial score (nSPS) is 10.3. The highest BCUT2D eigenvalue weighted by Gasteiger charge is 2.04. The van der Waals surface area contributed by atoms with Crippen LogP contribution in [0.1, 0.15) is 25.3 Å². The van der Waals surface area contributed by atoms with E-state index in [1.807, 2.05) is 48.5 Å². The van der Waals surface area contributed by atoms with Gasteiger partial charge in [-0.25, -0.2) is 0 Å². The molecule has 1 amide bonds. The molecule has 0 aliphatic carbocycles. The summed E-state index contributed by atoms with van der Waals surface area (Å²) in [6.45, 7) is 4.53. The maximum Gasteiger partial charge on any atom is 0.243 e. The topological polar surface area (TPSA) is 41.1 Å². The van der Waals surface area contributed by atoms with Crippen LogP contribution in [0.2, 0.25) is 0 Å². The monoisotopic (exact) mass is 268 g/mol. The molecule has 0 radical (unpaired) electrons. The lowest BCUT2D eigenvalue weighted by molar-refractivity contribution is -0.114. The third kappa shape index (κ3) is 4.12. The van der Waals surface area contributed by atoms with E-state index in [0.29, 0.717) is 5.92 Å². The van der Waals surface area contributed by atoms with E-state index in [1.165, 1.54) is 5.56 Å². The lowest BCUT2D eigenvalue weighted by Gasteiger charge is -2.10. The van der Waals surface area contributed by atoms with Gasteiger partial charge in [-0.05, 0) is 35.7 Å². The molecule has 2 rings (SSSR count). The quantitative estimate of drug-likeness (QED) is 0.864. The number of hydrogen-bond donors (Lipinski definition) is 2. The van der Waals surface area contributed by atoms with Gasteiger partial charge in [0.2, 0.25) is 5.91 Å². The minimum absolute atomic E-state index is 0.0465. The molecule has 0 saturated carbocycles. The summed E-state index contributed by atoms with van der Waals surface area (Å²) in [6.07, 6.45) is 0. The van der Waals surface area contributed by atoms with Gasteiger partial charge in [0.25, 0.3) is 0 Å². The molecule has 0 saturated heterocycles. The molecule has 0 aromatic heterocycles. The predicted octanol–water partition coefficient (Wildman–Crippen LogP) is 3.86. The number of anilines is 2. The zero-order chi connectivity index (χ0) is 14.4. The van der Waals surface area contributed by atoms with Crippen molar-refractivity contribution in [2.24, 2.45) is 0 Å². The fraction of sp³-hybridized carbons (Fsp3) is 0.235. The molecule has 2 aromatic rings. The maximum absolute atomic E-state index is 11.9. The first-order valence-corrected chi connectivity index (χ1v) is 6.84. The van der Waals surface area contributed by atoms with Gasteiger partial charge in [0.05, 0.1) is 6.54 Å². The van der Waals surface area contributed by atoms with Crippen LogP contribution in [0.15, 0.2) is 54.6 Å². The van der Waals surface area contributed by atoms with Crippen LogP contribution < -0.4 is 10.6 Å². The van der Waals surface area contributed by atoms with Crippen molar-refractivity contribution in [3.63, 3.8) is 0 Å². The minimum atomic E-state index is -0.0465. The van der Waals surface area contributed by atoms with Crippen LogP contribution in [0.5, 0.6) is 0 Å². The molecule has 2 aromatic carbocycles. The van der Waals surface area contributed by atoms with Crippen LogP contribution in [0.25, 0.3) is 0 Å². The average Bonchev–Trinajstić information content (AvgIpc) is 2.46. The van der Waals surface area contributed by atoms with Gasteiger partial charge in [-0.3, -0.25) is 4.79 Å². The summed E-state index contributed by atoms with van der Waals surface area (Å²) in [5, 5.41) is 6.00. The van der Waals surface area contributed by atoms with Crippen LogP contribution in [-0.4, -0.2) is 12.5 Å². The van der Waals surface area contributed by atoms with Gasteiger partial charge >= 0.3 is 0 Å². The number of amides is 1. The third-order valence-corrected chi connectivity index (χ3v) is 3.06. The zero-order valence-corrected chi connectivity index (χ0v) is 11.9. The van der Waals surface area contributed by atoms with Gasteiger partial charge < -0.3 is 10.6 Å². The Morgan fingerprint density at radius 2 is 1.70 bits per heavy atom. The first kappa shape index (κ1) is 14.1. The van der Waals surface area contributed by atoms with Gasteiger partial charge in [-0.15, -0.1) is 0 Å². The van der Waals surface area contributed by atoms with Gasteiger partial charge in [0.1, 0.15) is 0 Å². The van der Waals surface area contributed by atoms with Crippen LogP contribution in [-0.2, 0) is 4.79 Å². The van der Waals surface area contributed by atoms with E-state index in [-0.39, 0.29) is 12.5 Å². The van der Waals surface area contributed by atoms with Crippen molar-refractivity contribution < 1.29 is 4.79 Å². The van der Waals surface area contributed by atoms with Crippen molar-refractivity contribution in [1.29, 1.82) is 0 Å². The Labute approximate surface area is 120 Å². The zero-order valence-electron chi connectivity index (χ0n) is 11.9. The molecular formula is C17H20N2O. The summed E-state index contributed by atoms with van der Waals surface area (Å²) in [5.74, 6) is 0.407. The molecule has 3 heteroatoms. The highest BCUT2D eigenvalue weighted by atomic mass is 16.1. The first-order valence-electron chi connectivity index (χ1n) is 6.84. The van der Waals surface area contributed by atoms with Crippen molar-refractivity contribution in [3.05, 3.63) is 60.2 Å². The third-order valence-electron chi connectivity index (χ3n) is 3.06. The van der Waals surface area contributed by atoms with Gasteiger partial charge in [-0.2, -0.15) is 0 Å². The van der Waals surface area contributed by atoms with E-state index in [9.17, 15) is 4.79 Å². The van der Waals surface area contributed by atoms with Crippen molar-refractivity contribution in [3.8, 4) is 0 Å². The fourth-order valence-corrected chi connectivity index (χ4v) is 1.92. The highest BCUT2D eigenvalue weighted by Crippen LogP contribution is 2.18. The van der Waals surface area contributed by atoms with Crippen molar-refractivity contribution >= 4 is 17.3 Å². The standard InChI is InChI=1S/C17H20N2O/c1-13(2)14-7-6-10-16(11-14)19-17(20)12-18-15-8-4-3-5-9-15/h3-11,13,18H,12H2,1-2H3,(H,19,20). The Morgan fingerprint density at radius 3 is 2.40 bits per heavy atom. The van der Waals surface area contributed by atoms with Crippen molar-refractivity contribution in [1.82, 2.24) is 0 Å².